The van der Waals surface area contributed by atoms with Gasteiger partial charge in [-0.2, -0.15) is 4.99 Å². The summed E-state index contributed by atoms with van der Waals surface area (Å²) in [5.74, 6) is -0.542. The molecule has 1 heterocycles. The summed E-state index contributed by atoms with van der Waals surface area (Å²) in [5.41, 5.74) is 11.3. The third-order valence-corrected chi connectivity index (χ3v) is 4.70. The zero-order chi connectivity index (χ0) is 16.6. The molecule has 2 aliphatic rings. The van der Waals surface area contributed by atoms with E-state index >= 15 is 0 Å². The van der Waals surface area contributed by atoms with E-state index in [1.54, 1.807) is 4.90 Å². The largest absolute Gasteiger partial charge is 0.369 e. The number of hydrogen-bond acceptors (Lipinski definition) is 6. The van der Waals surface area contributed by atoms with Crippen molar-refractivity contribution in [1.82, 2.24) is 0 Å². The Morgan fingerprint density at radius 2 is 1.96 bits per heavy atom. The quantitative estimate of drug-likeness (QED) is 0.810. The molecule has 1 aromatic carbocycles. The van der Waals surface area contributed by atoms with Crippen LogP contribution in [0.15, 0.2) is 22.1 Å². The molecule has 0 bridgehead atoms. The molecule has 8 heteroatoms. The number of rotatable bonds is 2. The van der Waals surface area contributed by atoms with Crippen molar-refractivity contribution in [3.05, 3.63) is 28.5 Å². The number of carbonyl (C=O) groups is 1. The monoisotopic (exact) mass is 337 g/mol. The number of hydrogen-bond donors (Lipinski definition) is 2. The van der Waals surface area contributed by atoms with E-state index in [0.29, 0.717) is 19.1 Å². The van der Waals surface area contributed by atoms with Crippen molar-refractivity contribution in [2.45, 2.75) is 37.8 Å². The predicted octanol–water partition coefficient (Wildman–Crippen LogP) is 2.40. The Morgan fingerprint density at radius 1 is 1.26 bits per heavy atom. The van der Waals surface area contributed by atoms with E-state index in [1.807, 2.05) is 0 Å². The number of guanidine groups is 2. The predicted molar refractivity (Wildman–Crippen MR) is 88.3 cm³/mol. The highest BCUT2D eigenvalue weighted by Gasteiger charge is 2.43. The Kier molecular flexibility index (Phi) is 3.97. The van der Waals surface area contributed by atoms with Gasteiger partial charge in [0.25, 0.3) is 0 Å². The van der Waals surface area contributed by atoms with Crippen LogP contribution < -0.4 is 16.4 Å². The number of nitrogens with zero attached hydrogens (tertiary/aromatic N) is 3. The fourth-order valence-electron chi connectivity index (χ4n) is 3.29. The van der Waals surface area contributed by atoms with Gasteiger partial charge in [0.2, 0.25) is 11.9 Å². The molecule has 1 saturated carbocycles. The van der Waals surface area contributed by atoms with E-state index in [9.17, 15) is 9.18 Å². The Hall–Kier alpha value is -2.15. The first-order valence-electron chi connectivity index (χ1n) is 7.41. The zero-order valence-corrected chi connectivity index (χ0v) is 13.2. The highest BCUT2D eigenvalue weighted by atomic mass is 35.5. The van der Waals surface area contributed by atoms with Crippen LogP contribution in [0.1, 0.15) is 42.5 Å². The Balaban J connectivity index is 2.14. The molecule has 1 aromatic rings. The van der Waals surface area contributed by atoms with Gasteiger partial charge in [0, 0.05) is 5.56 Å². The van der Waals surface area contributed by atoms with Crippen molar-refractivity contribution < 1.29 is 9.18 Å². The summed E-state index contributed by atoms with van der Waals surface area (Å²) in [6.45, 7) is 0. The fraction of sp³-hybridized carbons (Fsp3) is 0.400. The molecular weight excluding hydrogens is 321 g/mol. The van der Waals surface area contributed by atoms with E-state index in [0.717, 1.165) is 19.3 Å². The highest BCUT2D eigenvalue weighted by molar-refractivity contribution is 6.33. The van der Waals surface area contributed by atoms with Crippen molar-refractivity contribution in [3.63, 3.8) is 0 Å². The maximum Gasteiger partial charge on any atom is 0.220 e. The molecule has 1 spiro atoms. The summed E-state index contributed by atoms with van der Waals surface area (Å²) < 4.78 is 14.7. The molecule has 1 aliphatic carbocycles. The molecule has 0 saturated heterocycles. The van der Waals surface area contributed by atoms with Gasteiger partial charge in [0.1, 0.15) is 5.66 Å². The SMILES string of the molecule is NC1=NC2(CCCCC2)N(c2ccc(C=O)c(Cl)c2F)C(N)=N1. The Bertz CT molecular complexity index is 712. The number of halogens is 2. The minimum atomic E-state index is -0.749. The number of aldehydes is 1. The third-order valence-electron chi connectivity index (χ3n) is 4.31. The lowest BCUT2D eigenvalue weighted by atomic mass is 9.87. The van der Waals surface area contributed by atoms with Gasteiger partial charge in [0.05, 0.1) is 10.7 Å². The first-order valence-corrected chi connectivity index (χ1v) is 7.79. The van der Waals surface area contributed by atoms with Crippen molar-refractivity contribution in [1.29, 1.82) is 0 Å². The lowest BCUT2D eigenvalue weighted by molar-refractivity contribution is 0.112. The summed E-state index contributed by atoms with van der Waals surface area (Å²) in [5, 5.41) is -0.237. The van der Waals surface area contributed by atoms with Crippen LogP contribution in [-0.4, -0.2) is 23.9 Å². The first-order chi connectivity index (χ1) is 11.0. The number of nitrogens with two attached hydrogens (primary N) is 2. The van der Waals surface area contributed by atoms with Gasteiger partial charge in [-0.3, -0.25) is 9.69 Å². The zero-order valence-electron chi connectivity index (χ0n) is 12.4. The van der Waals surface area contributed by atoms with Crippen LogP contribution in [0, 0.1) is 5.82 Å². The average molecular weight is 338 g/mol. The van der Waals surface area contributed by atoms with Gasteiger partial charge in [-0.25, -0.2) is 9.38 Å². The maximum absolute atomic E-state index is 14.7. The van der Waals surface area contributed by atoms with Crippen LogP contribution in [0.4, 0.5) is 10.1 Å². The molecule has 3 rings (SSSR count). The van der Waals surface area contributed by atoms with Crippen molar-refractivity contribution in [3.8, 4) is 0 Å². The molecule has 6 nitrogen and oxygen atoms in total. The summed E-state index contributed by atoms with van der Waals surface area (Å²) in [6, 6.07) is 2.93. The summed E-state index contributed by atoms with van der Waals surface area (Å²) in [7, 11) is 0. The minimum absolute atomic E-state index is 0.0771. The summed E-state index contributed by atoms with van der Waals surface area (Å²) >= 11 is 5.95. The van der Waals surface area contributed by atoms with Crippen molar-refractivity contribution >= 4 is 35.5 Å². The van der Waals surface area contributed by atoms with E-state index in [-0.39, 0.29) is 28.2 Å². The van der Waals surface area contributed by atoms with Gasteiger partial charge in [0.15, 0.2) is 12.1 Å². The second-order valence-corrected chi connectivity index (χ2v) is 6.12. The van der Waals surface area contributed by atoms with Crippen LogP contribution in [0.5, 0.6) is 0 Å². The van der Waals surface area contributed by atoms with Crippen LogP contribution in [0.3, 0.4) is 0 Å². The molecule has 0 aromatic heterocycles. The number of carbonyl (C=O) groups excluding carboxylic acids is 1. The second-order valence-electron chi connectivity index (χ2n) is 5.74. The standard InChI is InChI=1S/C15H17ClFN5O/c16-11-9(8-23)4-5-10(12(11)17)22-14(19)20-13(18)21-15(22)6-2-1-3-7-15/h4-5,8H,1-3,6-7H2,(H4,18,19,20,21). The van der Waals surface area contributed by atoms with Crippen LogP contribution in [0.2, 0.25) is 5.02 Å². The molecule has 0 radical (unpaired) electrons. The normalized spacial score (nSPS) is 20.2. The van der Waals surface area contributed by atoms with Crippen molar-refractivity contribution in [2.24, 2.45) is 21.5 Å². The molecule has 23 heavy (non-hydrogen) atoms. The van der Waals surface area contributed by atoms with Gasteiger partial charge in [-0.05, 0) is 37.8 Å². The number of anilines is 1. The average Bonchev–Trinajstić information content (AvgIpc) is 2.51. The van der Waals surface area contributed by atoms with Crippen LogP contribution in [-0.2, 0) is 0 Å². The minimum Gasteiger partial charge on any atom is -0.369 e. The third kappa shape index (κ3) is 2.55. The lowest BCUT2D eigenvalue weighted by Gasteiger charge is -2.45. The van der Waals surface area contributed by atoms with E-state index in [1.165, 1.54) is 12.1 Å². The smallest absolute Gasteiger partial charge is 0.220 e. The van der Waals surface area contributed by atoms with Gasteiger partial charge in [-0.1, -0.05) is 18.0 Å². The van der Waals surface area contributed by atoms with Gasteiger partial charge >= 0.3 is 0 Å². The van der Waals surface area contributed by atoms with Crippen molar-refractivity contribution in [2.75, 3.05) is 4.90 Å². The van der Waals surface area contributed by atoms with Crippen LogP contribution in [0.25, 0.3) is 0 Å². The van der Waals surface area contributed by atoms with E-state index in [4.69, 9.17) is 23.1 Å². The lowest BCUT2D eigenvalue weighted by Crippen LogP contribution is -2.58. The number of aliphatic imine (C=N–C) groups is 2. The fourth-order valence-corrected chi connectivity index (χ4v) is 3.49. The molecule has 0 unspecified atom stereocenters. The highest BCUT2D eigenvalue weighted by Crippen LogP contribution is 2.41. The summed E-state index contributed by atoms with van der Waals surface area (Å²) in [6.07, 6.45) is 4.84. The first kappa shape index (κ1) is 15.7. The van der Waals surface area contributed by atoms with Crippen LogP contribution >= 0.6 is 11.6 Å². The van der Waals surface area contributed by atoms with Gasteiger partial charge < -0.3 is 11.5 Å². The van der Waals surface area contributed by atoms with Gasteiger partial charge in [-0.15, -0.1) is 0 Å². The topological polar surface area (TPSA) is 97.1 Å². The summed E-state index contributed by atoms with van der Waals surface area (Å²) in [4.78, 5) is 20.9. The van der Waals surface area contributed by atoms with E-state index in [2.05, 4.69) is 9.98 Å². The molecular formula is C15H17ClFN5O. The molecule has 0 atom stereocenters. The second kappa shape index (κ2) is 5.81. The molecule has 4 N–H and O–H groups in total. The molecule has 122 valence electrons. The Labute approximate surface area is 138 Å². The number of benzene rings is 1. The maximum atomic E-state index is 14.7. The molecule has 1 aliphatic heterocycles. The Morgan fingerprint density at radius 3 is 2.61 bits per heavy atom. The molecule has 0 amide bonds. The van der Waals surface area contributed by atoms with E-state index < -0.39 is 11.5 Å². The molecule has 1 fully saturated rings.